The van der Waals surface area contributed by atoms with Gasteiger partial charge in [-0.15, -0.1) is 0 Å². The molecule has 0 saturated carbocycles. The lowest BCUT2D eigenvalue weighted by Crippen LogP contribution is -2.53. The van der Waals surface area contributed by atoms with Crippen LogP contribution in [0.25, 0.3) is 0 Å². The molecule has 1 N–H and O–H groups in total. The SMILES string of the molecule is CCC1(C(C)OC)COC1.COC(C)C1(CO)COC1. The van der Waals surface area contributed by atoms with Crippen molar-refractivity contribution in [3.05, 3.63) is 0 Å². The molecule has 0 spiro atoms. The third kappa shape index (κ3) is 3.52. The van der Waals surface area contributed by atoms with Crippen LogP contribution < -0.4 is 0 Å². The molecule has 0 aliphatic carbocycles. The van der Waals surface area contributed by atoms with Gasteiger partial charge in [-0.05, 0) is 20.3 Å². The highest BCUT2D eigenvalue weighted by molar-refractivity contribution is 4.90. The van der Waals surface area contributed by atoms with Gasteiger partial charge in [0.15, 0.2) is 0 Å². The van der Waals surface area contributed by atoms with Crippen LogP contribution >= 0.6 is 0 Å². The maximum Gasteiger partial charge on any atom is 0.0665 e. The third-order valence-electron chi connectivity index (χ3n) is 5.01. The number of hydrogen-bond donors (Lipinski definition) is 1. The van der Waals surface area contributed by atoms with Gasteiger partial charge >= 0.3 is 0 Å². The van der Waals surface area contributed by atoms with Gasteiger partial charge in [-0.1, -0.05) is 6.92 Å². The summed E-state index contributed by atoms with van der Waals surface area (Å²) >= 11 is 0. The number of rotatable bonds is 6. The van der Waals surface area contributed by atoms with E-state index >= 15 is 0 Å². The summed E-state index contributed by atoms with van der Waals surface area (Å²) in [6, 6.07) is 0. The van der Waals surface area contributed by atoms with E-state index in [-0.39, 0.29) is 18.1 Å². The average Bonchev–Trinajstić information content (AvgIpc) is 2.37. The molecule has 120 valence electrons. The fourth-order valence-corrected chi connectivity index (χ4v) is 2.41. The van der Waals surface area contributed by atoms with Crippen LogP contribution in [0.15, 0.2) is 0 Å². The highest BCUT2D eigenvalue weighted by Crippen LogP contribution is 2.36. The van der Waals surface area contributed by atoms with Gasteiger partial charge in [0.1, 0.15) is 0 Å². The summed E-state index contributed by atoms with van der Waals surface area (Å²) in [5.74, 6) is 0. The van der Waals surface area contributed by atoms with Gasteiger partial charge in [-0.25, -0.2) is 0 Å². The molecule has 2 saturated heterocycles. The third-order valence-corrected chi connectivity index (χ3v) is 5.01. The Morgan fingerprint density at radius 1 is 0.950 bits per heavy atom. The first-order valence-electron chi connectivity index (χ1n) is 7.32. The molecule has 0 aromatic carbocycles. The first-order chi connectivity index (χ1) is 9.50. The Hall–Kier alpha value is -0.200. The Labute approximate surface area is 122 Å². The quantitative estimate of drug-likeness (QED) is 0.803. The summed E-state index contributed by atoms with van der Waals surface area (Å²) in [6.45, 7) is 9.42. The van der Waals surface area contributed by atoms with Crippen LogP contribution in [0.2, 0.25) is 0 Å². The van der Waals surface area contributed by atoms with Crippen LogP contribution in [-0.4, -0.2) is 64.6 Å². The summed E-state index contributed by atoms with van der Waals surface area (Å²) in [5.41, 5.74) is 0.212. The standard InChI is InChI=1S/C8H16O2.C7H14O3/c1-4-8(5-10-6-8)7(2)9-3;1-6(9-2)7(3-8)4-10-5-7/h7H,4-6H2,1-3H3;6,8H,3-5H2,1-2H3. The minimum Gasteiger partial charge on any atom is -0.396 e. The summed E-state index contributed by atoms with van der Waals surface area (Å²) < 4.78 is 20.6. The summed E-state index contributed by atoms with van der Waals surface area (Å²) in [5, 5.41) is 8.98. The molecule has 2 atom stereocenters. The highest BCUT2D eigenvalue weighted by atomic mass is 16.5. The number of ether oxygens (including phenoxy) is 4. The Bertz CT molecular complexity index is 234. The number of aliphatic hydroxyl groups is 1. The topological polar surface area (TPSA) is 57.2 Å². The normalized spacial score (nSPS) is 25.5. The summed E-state index contributed by atoms with van der Waals surface area (Å²) in [6.07, 6.45) is 1.58. The lowest BCUT2D eigenvalue weighted by molar-refractivity contribution is -0.193. The average molecular weight is 290 g/mol. The van der Waals surface area contributed by atoms with Crippen molar-refractivity contribution in [3.8, 4) is 0 Å². The van der Waals surface area contributed by atoms with E-state index in [2.05, 4.69) is 13.8 Å². The van der Waals surface area contributed by atoms with E-state index in [9.17, 15) is 0 Å². The molecule has 0 bridgehead atoms. The second kappa shape index (κ2) is 7.71. The van der Waals surface area contributed by atoms with E-state index in [1.165, 1.54) is 0 Å². The van der Waals surface area contributed by atoms with Crippen LogP contribution in [0.4, 0.5) is 0 Å². The number of hydrogen-bond acceptors (Lipinski definition) is 5. The predicted molar refractivity (Wildman–Crippen MR) is 76.8 cm³/mol. The first-order valence-corrected chi connectivity index (χ1v) is 7.32. The van der Waals surface area contributed by atoms with E-state index in [1.54, 1.807) is 14.2 Å². The molecule has 5 nitrogen and oxygen atoms in total. The first kappa shape index (κ1) is 17.9. The van der Waals surface area contributed by atoms with E-state index < -0.39 is 0 Å². The molecule has 2 heterocycles. The maximum atomic E-state index is 8.98. The molecular weight excluding hydrogens is 260 g/mol. The minimum atomic E-state index is -0.116. The van der Waals surface area contributed by atoms with E-state index in [4.69, 9.17) is 24.1 Å². The molecule has 20 heavy (non-hydrogen) atoms. The van der Waals surface area contributed by atoms with E-state index in [0.29, 0.717) is 24.7 Å². The Morgan fingerprint density at radius 2 is 1.35 bits per heavy atom. The zero-order valence-electron chi connectivity index (χ0n) is 13.5. The van der Waals surface area contributed by atoms with Crippen molar-refractivity contribution in [1.82, 2.24) is 0 Å². The minimum absolute atomic E-state index is 0.0891. The summed E-state index contributed by atoms with van der Waals surface area (Å²) in [4.78, 5) is 0. The molecule has 2 fully saturated rings. The Morgan fingerprint density at radius 3 is 1.45 bits per heavy atom. The number of aliphatic hydroxyl groups excluding tert-OH is 1. The number of methoxy groups -OCH3 is 2. The van der Waals surface area contributed by atoms with Gasteiger partial charge < -0.3 is 24.1 Å². The van der Waals surface area contributed by atoms with Gasteiger partial charge in [0.2, 0.25) is 0 Å². The van der Waals surface area contributed by atoms with Crippen molar-refractivity contribution in [2.24, 2.45) is 10.8 Å². The highest BCUT2D eigenvalue weighted by Gasteiger charge is 2.43. The molecule has 0 aromatic rings. The fraction of sp³-hybridized carbons (Fsp3) is 1.00. The van der Waals surface area contributed by atoms with Crippen molar-refractivity contribution in [3.63, 3.8) is 0 Å². The van der Waals surface area contributed by atoms with Crippen molar-refractivity contribution in [1.29, 1.82) is 0 Å². The van der Waals surface area contributed by atoms with E-state index in [0.717, 1.165) is 19.6 Å². The monoisotopic (exact) mass is 290 g/mol. The second-order valence-electron chi connectivity index (χ2n) is 5.98. The van der Waals surface area contributed by atoms with Gasteiger partial charge in [0, 0.05) is 19.6 Å². The predicted octanol–water partition coefficient (Wildman–Crippen LogP) is 1.48. The van der Waals surface area contributed by atoms with Crippen molar-refractivity contribution >= 4 is 0 Å². The van der Waals surface area contributed by atoms with Crippen molar-refractivity contribution in [2.75, 3.05) is 47.3 Å². The summed E-state index contributed by atoms with van der Waals surface area (Å²) in [7, 11) is 3.42. The van der Waals surface area contributed by atoms with Crippen LogP contribution in [0, 0.1) is 10.8 Å². The second-order valence-corrected chi connectivity index (χ2v) is 5.98. The Kier molecular flexibility index (Phi) is 6.88. The lowest BCUT2D eigenvalue weighted by Gasteiger charge is -2.44. The molecular formula is C15H30O5. The van der Waals surface area contributed by atoms with Gasteiger partial charge in [-0.3, -0.25) is 0 Å². The smallest absolute Gasteiger partial charge is 0.0665 e. The zero-order valence-corrected chi connectivity index (χ0v) is 13.5. The molecule has 2 rings (SSSR count). The van der Waals surface area contributed by atoms with Crippen LogP contribution in [0.3, 0.4) is 0 Å². The molecule has 2 aliphatic heterocycles. The Balaban J connectivity index is 0.000000200. The van der Waals surface area contributed by atoms with E-state index in [1.807, 2.05) is 6.92 Å². The molecule has 0 aromatic heterocycles. The van der Waals surface area contributed by atoms with Crippen molar-refractivity contribution < 1.29 is 24.1 Å². The van der Waals surface area contributed by atoms with Crippen molar-refractivity contribution in [2.45, 2.75) is 39.4 Å². The molecule has 2 unspecified atom stereocenters. The van der Waals surface area contributed by atoms with Gasteiger partial charge in [0.25, 0.3) is 0 Å². The fourth-order valence-electron chi connectivity index (χ4n) is 2.41. The maximum absolute atomic E-state index is 8.98. The largest absolute Gasteiger partial charge is 0.396 e. The lowest BCUT2D eigenvalue weighted by atomic mass is 9.78. The molecule has 0 amide bonds. The molecule has 2 aliphatic rings. The molecule has 0 radical (unpaired) electrons. The van der Waals surface area contributed by atoms with Gasteiger partial charge in [-0.2, -0.15) is 0 Å². The zero-order chi connectivity index (χ0) is 15.2. The van der Waals surface area contributed by atoms with Gasteiger partial charge in [0.05, 0.1) is 50.7 Å². The van der Waals surface area contributed by atoms with Crippen LogP contribution in [0.5, 0.6) is 0 Å². The molecule has 5 heteroatoms. The van der Waals surface area contributed by atoms with Crippen LogP contribution in [0.1, 0.15) is 27.2 Å². The van der Waals surface area contributed by atoms with Crippen LogP contribution in [-0.2, 0) is 18.9 Å².